The molecular weight excluding hydrogens is 747 g/mol. The summed E-state index contributed by atoms with van der Waals surface area (Å²) in [5.41, 5.74) is 0.735. The third kappa shape index (κ3) is 10.8. The zero-order chi connectivity index (χ0) is 44.1. The summed E-state index contributed by atoms with van der Waals surface area (Å²) in [6.07, 6.45) is 28.2. The van der Waals surface area contributed by atoms with E-state index in [0.717, 1.165) is 109 Å². The largest absolute Gasteiger partial charge is 0.375 e. The normalized spacial score (nSPS) is 42.9. The van der Waals surface area contributed by atoms with E-state index < -0.39 is 0 Å². The molecule has 1 aliphatic carbocycles. The lowest BCUT2D eigenvalue weighted by Gasteiger charge is -2.46. The van der Waals surface area contributed by atoms with Gasteiger partial charge in [-0.15, -0.1) is 0 Å². The van der Waals surface area contributed by atoms with Crippen LogP contribution in [0.5, 0.6) is 0 Å². The molecule has 0 aromatic rings. The van der Waals surface area contributed by atoms with E-state index in [2.05, 4.69) is 128 Å². The second kappa shape index (κ2) is 19.9. The highest BCUT2D eigenvalue weighted by Gasteiger charge is 2.60. The molecule has 0 aromatic heterocycles. The van der Waals surface area contributed by atoms with Gasteiger partial charge in [0.25, 0.3) is 0 Å². The Morgan fingerprint density at radius 1 is 0.393 bits per heavy atom. The summed E-state index contributed by atoms with van der Waals surface area (Å²) in [4.78, 5) is 13.8. The van der Waals surface area contributed by atoms with Gasteiger partial charge in [0.15, 0.2) is 0 Å². The Morgan fingerprint density at radius 3 is 1.05 bits per heavy atom. The summed E-state index contributed by atoms with van der Waals surface area (Å²) in [6.45, 7) is 36.4. The molecule has 61 heavy (non-hydrogen) atoms. The molecule has 12 bridgehead atoms. The van der Waals surface area contributed by atoms with Gasteiger partial charge in [0, 0.05) is 95.5 Å². The van der Waals surface area contributed by atoms with Crippen LogP contribution in [0.15, 0.2) is 0 Å². The Labute approximate surface area is 379 Å². The second-order valence-corrected chi connectivity index (χ2v) is 26.2. The first-order valence-electron chi connectivity index (χ1n) is 27.2. The Kier molecular flexibility index (Phi) is 15.9. The molecule has 0 N–H and O–H groups in total. The van der Waals surface area contributed by atoms with Gasteiger partial charge >= 0.3 is 0 Å². The number of ether oxygens (including phenoxy) is 1. The molecule has 0 spiro atoms. The van der Waals surface area contributed by atoms with Gasteiger partial charge in [0.05, 0.1) is 12.7 Å². The molecule has 0 amide bonds. The van der Waals surface area contributed by atoms with Crippen molar-refractivity contribution >= 4 is 0 Å². The van der Waals surface area contributed by atoms with E-state index >= 15 is 0 Å². The van der Waals surface area contributed by atoms with Gasteiger partial charge in [-0.05, 0) is 216 Å². The van der Waals surface area contributed by atoms with E-state index in [1.54, 1.807) is 0 Å². The topological polar surface area (TPSA) is 25.4 Å². The molecule has 8 unspecified atom stereocenters. The minimum Gasteiger partial charge on any atom is -0.375 e. The number of rotatable bonds is 3. The molecule has 10 heterocycles. The van der Waals surface area contributed by atoms with Crippen LogP contribution >= 0.6 is 0 Å². The van der Waals surface area contributed by atoms with Crippen molar-refractivity contribution < 1.29 is 4.74 Å². The number of hydrogen-bond donors (Lipinski definition) is 0. The van der Waals surface area contributed by atoms with E-state index in [-0.39, 0.29) is 0 Å². The molecule has 354 valence electrons. The fourth-order valence-electron chi connectivity index (χ4n) is 17.0. The zero-order valence-corrected chi connectivity index (χ0v) is 43.2. The molecule has 11 aliphatic rings. The van der Waals surface area contributed by atoms with Gasteiger partial charge in [-0.1, -0.05) is 27.2 Å². The monoisotopic (exact) mass is 850 g/mol. The lowest BCUT2D eigenvalue weighted by molar-refractivity contribution is -0.0543. The van der Waals surface area contributed by atoms with Crippen molar-refractivity contribution in [3.05, 3.63) is 0 Å². The number of morpholine rings is 1. The van der Waals surface area contributed by atoms with Crippen LogP contribution in [0.3, 0.4) is 0 Å². The number of hydrogen-bond acceptors (Lipinski definition) is 6. The van der Waals surface area contributed by atoms with E-state index in [1.807, 2.05) is 0 Å². The highest BCUT2D eigenvalue weighted by Crippen LogP contribution is 2.51. The predicted octanol–water partition coefficient (Wildman–Crippen LogP) is 12.4. The number of likely N-dealkylation sites (tertiary alicyclic amines) is 1. The lowest BCUT2D eigenvalue weighted by Crippen LogP contribution is -2.55. The van der Waals surface area contributed by atoms with Crippen molar-refractivity contribution in [1.29, 1.82) is 0 Å². The summed E-state index contributed by atoms with van der Waals surface area (Å²) in [6, 6.07) is 11.2. The van der Waals surface area contributed by atoms with Crippen molar-refractivity contribution in [3.63, 3.8) is 0 Å². The first kappa shape index (κ1) is 48.7. The maximum absolute atomic E-state index is 5.82. The minimum absolute atomic E-state index is 0.340. The lowest BCUT2D eigenvalue weighted by atomic mass is 9.88. The molecule has 6 heteroatoms. The maximum atomic E-state index is 5.82. The average Bonchev–Trinajstić information content (AvgIpc) is 4.03. The smallest absolute Gasteiger partial charge is 0.0775 e. The Balaban J connectivity index is 0.000000115. The molecule has 10 saturated heterocycles. The van der Waals surface area contributed by atoms with Crippen LogP contribution in [0.2, 0.25) is 0 Å². The highest BCUT2D eigenvalue weighted by atomic mass is 16.5. The number of piperidine rings is 5. The maximum Gasteiger partial charge on any atom is 0.0775 e. The quantitative estimate of drug-likeness (QED) is 0.281. The van der Waals surface area contributed by atoms with Gasteiger partial charge in [-0.2, -0.15) is 0 Å². The second-order valence-electron chi connectivity index (χ2n) is 26.2. The molecule has 6 nitrogen and oxygen atoms in total. The Bertz CT molecular complexity index is 1250. The molecule has 11 fully saturated rings. The fraction of sp³-hybridized carbons (Fsp3) is 1.00. The van der Waals surface area contributed by atoms with E-state index in [0.29, 0.717) is 17.2 Å². The highest BCUT2D eigenvalue weighted by molar-refractivity contribution is 5.13. The van der Waals surface area contributed by atoms with Gasteiger partial charge in [-0.25, -0.2) is 0 Å². The zero-order valence-electron chi connectivity index (χ0n) is 43.2. The number of fused-ring (bicyclic) bond motifs is 8. The van der Waals surface area contributed by atoms with Crippen LogP contribution in [0, 0.1) is 23.7 Å². The molecule has 0 aromatic carbocycles. The van der Waals surface area contributed by atoms with Crippen molar-refractivity contribution in [2.45, 2.75) is 322 Å². The summed E-state index contributed by atoms with van der Waals surface area (Å²) in [5, 5.41) is 0. The van der Waals surface area contributed by atoms with Crippen LogP contribution in [-0.4, -0.2) is 127 Å². The first-order chi connectivity index (χ1) is 28.7. The van der Waals surface area contributed by atoms with Gasteiger partial charge in [0.1, 0.15) is 0 Å². The summed E-state index contributed by atoms with van der Waals surface area (Å²) in [5.74, 6) is 3.80. The first-order valence-corrected chi connectivity index (χ1v) is 27.2. The van der Waals surface area contributed by atoms with Crippen LogP contribution in [0.25, 0.3) is 0 Å². The van der Waals surface area contributed by atoms with Crippen molar-refractivity contribution in [1.82, 2.24) is 24.5 Å². The van der Waals surface area contributed by atoms with Crippen molar-refractivity contribution in [3.8, 4) is 0 Å². The SMILES string of the molecule is CC(C)(C)N1C2CC[C@@H]3C2OCC31.CC(C)N1C2CCCC1CC2.CC1C[C@H]2CC[C@@H](C1)N2C(C)(C)C.CC1C[C@H]2CC[C@@H](C1)N2C(C)C.CC1C[C@H]2CC[C@@H](C1)N2C(C)C. The van der Waals surface area contributed by atoms with E-state index in [9.17, 15) is 0 Å². The molecule has 0 radical (unpaired) electrons. The van der Waals surface area contributed by atoms with Gasteiger partial charge in [0.2, 0.25) is 0 Å². The Morgan fingerprint density at radius 2 is 0.738 bits per heavy atom. The third-order valence-corrected chi connectivity index (χ3v) is 18.4. The summed E-state index contributed by atoms with van der Waals surface area (Å²) in [7, 11) is 0. The Hall–Kier alpha value is -0.240. The van der Waals surface area contributed by atoms with Crippen LogP contribution in [0.4, 0.5) is 0 Å². The molecule has 1 saturated carbocycles. The van der Waals surface area contributed by atoms with Gasteiger partial charge in [-0.3, -0.25) is 24.5 Å². The third-order valence-electron chi connectivity index (χ3n) is 18.4. The van der Waals surface area contributed by atoms with Gasteiger partial charge < -0.3 is 4.74 Å². The predicted molar refractivity (Wildman–Crippen MR) is 260 cm³/mol. The van der Waals surface area contributed by atoms with E-state index in [4.69, 9.17) is 4.74 Å². The van der Waals surface area contributed by atoms with Crippen molar-refractivity contribution in [2.24, 2.45) is 23.7 Å². The molecule has 15 atom stereocenters. The minimum atomic E-state index is 0.340. The van der Waals surface area contributed by atoms with Crippen LogP contribution < -0.4 is 0 Å². The summed E-state index contributed by atoms with van der Waals surface area (Å²) >= 11 is 0. The average molecular weight is 850 g/mol. The standard InChI is InChI=1S/C12H23N.C11H19NO.2C11H21N.C10H19N/c1-9-7-10-5-6-11(8-9)13(10)12(2,3)4;1-11(2,3)12-8-5-4-7-9(12)6-13-10(7)8;2*1-8(2)12-10-4-5-11(12)7-9(3)6-10;1-8(2)11-9-4-3-5-10(11)7-6-9/h9-11H,5-8H2,1-4H3;7-10H,4-6H2,1-3H3;2*8-11H,4-7H2,1-3H3;8-10H,3-7H2,1-2H3/t9?,10-,11+;7-,8?,9?,10?;2*9?,10-,11+;/m.0.../s1. The fourth-order valence-corrected chi connectivity index (χ4v) is 17.0. The summed E-state index contributed by atoms with van der Waals surface area (Å²) < 4.78 is 5.82. The number of nitrogens with zero attached hydrogens (tertiary/aromatic N) is 5. The van der Waals surface area contributed by atoms with Crippen molar-refractivity contribution in [2.75, 3.05) is 6.61 Å². The van der Waals surface area contributed by atoms with E-state index in [1.165, 1.54) is 122 Å². The molecule has 10 aliphatic heterocycles. The molecular formula is C55H103N5O. The van der Waals surface area contributed by atoms with Crippen LogP contribution in [0.1, 0.15) is 226 Å². The molecule has 11 rings (SSSR count). The van der Waals surface area contributed by atoms with Crippen LogP contribution in [-0.2, 0) is 4.74 Å².